The largest absolute Gasteiger partial charge is 0.505 e. The van der Waals surface area contributed by atoms with Crippen LogP contribution in [-0.2, 0) is 9.53 Å². The minimum absolute atomic E-state index is 0.0226. The fourth-order valence-corrected chi connectivity index (χ4v) is 8.19. The van der Waals surface area contributed by atoms with Gasteiger partial charge in [-0.05, 0) is 19.2 Å². The average molecular weight is 585 g/mol. The van der Waals surface area contributed by atoms with Crippen molar-refractivity contribution in [2.45, 2.75) is 24.7 Å². The lowest BCUT2D eigenvalue weighted by molar-refractivity contribution is -0.117. The Kier molecular flexibility index (Phi) is 5.69. The summed E-state index contributed by atoms with van der Waals surface area (Å²) in [5.74, 6) is -0.108. The van der Waals surface area contributed by atoms with Crippen LogP contribution in [0.5, 0.6) is 23.0 Å². The third kappa shape index (κ3) is 3.02. The molecule has 0 saturated heterocycles. The fraction of sp³-hybridized carbons (Fsp3) is 0.281. The van der Waals surface area contributed by atoms with Crippen molar-refractivity contribution in [3.63, 3.8) is 0 Å². The van der Waals surface area contributed by atoms with Gasteiger partial charge < -0.3 is 29.7 Å². The SMILES string of the molecule is CNc1c(O)c2c3c(c(OC)c4c5c6c(c(O)c(OC)c7c6c(c1C=C(C)C7C(C)=O)c42)C(=O)C=C5OC)SCCN=3. The third-order valence-corrected chi connectivity index (χ3v) is 9.68. The second-order valence-electron chi connectivity index (χ2n) is 10.6. The molecule has 10 heteroatoms. The average Bonchev–Trinajstić information content (AvgIpc) is 3.10. The van der Waals surface area contributed by atoms with Crippen LogP contribution in [0.3, 0.4) is 0 Å². The van der Waals surface area contributed by atoms with Gasteiger partial charge in [0.15, 0.2) is 17.3 Å². The molecular formula is C32H28N2O7S. The molecule has 0 spiro atoms. The van der Waals surface area contributed by atoms with Crippen molar-refractivity contribution < 1.29 is 34.0 Å². The number of phenols is 2. The van der Waals surface area contributed by atoms with Gasteiger partial charge in [0.2, 0.25) is 0 Å². The molecule has 1 heterocycles. The summed E-state index contributed by atoms with van der Waals surface area (Å²) in [6.45, 7) is 3.90. The van der Waals surface area contributed by atoms with Crippen molar-refractivity contribution in [3.8, 4) is 23.0 Å². The number of ketones is 2. The number of methoxy groups -OCH3 is 3. The second kappa shape index (κ2) is 9.03. The van der Waals surface area contributed by atoms with Crippen LogP contribution in [0.1, 0.15) is 46.8 Å². The normalized spacial score (nSPS) is 17.1. The van der Waals surface area contributed by atoms with Crippen molar-refractivity contribution in [1.82, 2.24) is 0 Å². The van der Waals surface area contributed by atoms with E-state index in [-0.39, 0.29) is 34.4 Å². The summed E-state index contributed by atoms with van der Waals surface area (Å²) >= 11 is 1.58. The van der Waals surface area contributed by atoms with Crippen molar-refractivity contribution in [2.24, 2.45) is 4.99 Å². The maximum Gasteiger partial charge on any atom is 0.194 e. The number of anilines is 1. The number of aromatic hydroxyl groups is 2. The first-order chi connectivity index (χ1) is 20.2. The number of Topliss-reactive ketones (excluding diaryl/α,β-unsaturated/α-hetero) is 1. The van der Waals surface area contributed by atoms with E-state index in [1.165, 1.54) is 27.2 Å². The molecule has 214 valence electrons. The van der Waals surface area contributed by atoms with Crippen LogP contribution in [0.15, 0.2) is 21.5 Å². The number of nitrogens with zero attached hydrogens (tertiary/aromatic N) is 1. The molecule has 3 aliphatic rings. The molecule has 9 nitrogen and oxygen atoms in total. The number of hydrogen-bond donors (Lipinski definition) is 3. The van der Waals surface area contributed by atoms with Gasteiger partial charge in [-0.1, -0.05) is 11.6 Å². The molecular weight excluding hydrogens is 556 g/mol. The fourth-order valence-electron chi connectivity index (χ4n) is 7.19. The number of allylic oxidation sites excluding steroid dienone is 2. The number of hydrogen-bond acceptors (Lipinski definition) is 10. The Hall–Kier alpha value is -4.44. The number of carbonyl (C=O) groups excluding carboxylic acids is 2. The Morgan fingerprint density at radius 3 is 2.33 bits per heavy atom. The van der Waals surface area contributed by atoms with E-state index >= 15 is 0 Å². The number of rotatable bonds is 5. The maximum atomic E-state index is 13.7. The van der Waals surface area contributed by atoms with Gasteiger partial charge >= 0.3 is 0 Å². The van der Waals surface area contributed by atoms with Gasteiger partial charge in [-0.15, -0.1) is 11.8 Å². The summed E-state index contributed by atoms with van der Waals surface area (Å²) in [7, 11) is 6.21. The van der Waals surface area contributed by atoms with E-state index in [0.29, 0.717) is 77.9 Å². The molecule has 0 bridgehead atoms. The number of thioether (sulfide) groups is 1. The highest BCUT2D eigenvalue weighted by atomic mass is 32.2. The highest BCUT2D eigenvalue weighted by Gasteiger charge is 2.40. The number of benzene rings is 4. The minimum Gasteiger partial charge on any atom is -0.505 e. The lowest BCUT2D eigenvalue weighted by Crippen LogP contribution is -2.19. The molecule has 0 amide bonds. The maximum absolute atomic E-state index is 13.7. The van der Waals surface area contributed by atoms with E-state index in [9.17, 15) is 19.8 Å². The zero-order chi connectivity index (χ0) is 29.8. The number of carbonyl (C=O) groups is 2. The smallest absolute Gasteiger partial charge is 0.194 e. The molecule has 4 aromatic rings. The number of nitrogens with one attached hydrogen (secondary N) is 1. The molecule has 7 rings (SSSR count). The summed E-state index contributed by atoms with van der Waals surface area (Å²) in [5.41, 5.74) is 2.85. The van der Waals surface area contributed by atoms with Gasteiger partial charge in [0.1, 0.15) is 23.0 Å². The number of ether oxygens (including phenoxy) is 3. The Bertz CT molecular complexity index is 2090. The van der Waals surface area contributed by atoms with Gasteiger partial charge in [-0.3, -0.25) is 14.6 Å². The molecule has 3 N–H and O–H groups in total. The van der Waals surface area contributed by atoms with Gasteiger partial charge in [-0.2, -0.15) is 0 Å². The van der Waals surface area contributed by atoms with Crippen LogP contribution in [0.25, 0.3) is 44.2 Å². The molecule has 0 saturated carbocycles. The summed E-state index contributed by atoms with van der Waals surface area (Å²) in [5, 5.41) is 31.0. The summed E-state index contributed by atoms with van der Waals surface area (Å²) in [6, 6.07) is 0. The van der Waals surface area contributed by atoms with Crippen molar-refractivity contribution in [1.29, 1.82) is 0 Å². The van der Waals surface area contributed by atoms with Crippen LogP contribution in [0.2, 0.25) is 0 Å². The molecule has 0 aromatic heterocycles. The molecule has 2 aliphatic carbocycles. The molecule has 42 heavy (non-hydrogen) atoms. The van der Waals surface area contributed by atoms with Crippen LogP contribution < -0.4 is 20.1 Å². The van der Waals surface area contributed by atoms with E-state index in [4.69, 9.17) is 19.2 Å². The quantitative estimate of drug-likeness (QED) is 0.162. The van der Waals surface area contributed by atoms with E-state index < -0.39 is 11.7 Å². The van der Waals surface area contributed by atoms with Crippen LogP contribution in [0.4, 0.5) is 5.69 Å². The summed E-state index contributed by atoms with van der Waals surface area (Å²) < 4.78 is 17.7. The van der Waals surface area contributed by atoms with Crippen molar-refractivity contribution in [2.75, 3.05) is 46.0 Å². The zero-order valence-corrected chi connectivity index (χ0v) is 24.8. The summed E-state index contributed by atoms with van der Waals surface area (Å²) in [6.07, 6.45) is 3.24. The lowest BCUT2D eigenvalue weighted by atomic mass is 9.77. The first-order valence-corrected chi connectivity index (χ1v) is 14.5. The predicted molar refractivity (Wildman–Crippen MR) is 164 cm³/mol. The van der Waals surface area contributed by atoms with Gasteiger partial charge in [0, 0.05) is 63.7 Å². The topological polar surface area (TPSA) is 127 Å². The highest BCUT2D eigenvalue weighted by Crippen LogP contribution is 2.59. The second-order valence-corrected chi connectivity index (χ2v) is 11.7. The van der Waals surface area contributed by atoms with Gasteiger partial charge in [0.05, 0.1) is 54.1 Å². The standard InChI is InChI=1S/C32H28N2O7S/c1-11-9-13-17-20-22-18(29(38)30(40-5)23(20)16(11)12(2)35)14(36)10-15(39-4)19(22)24-21(17)25(28(37)26(13)33-3)27-32(31(24)41-6)42-8-7-34-27/h9-10,16,33,37-38H,7-8H2,1-6H3. The Balaban J connectivity index is 1.99. The highest BCUT2D eigenvalue weighted by molar-refractivity contribution is 7.99. The Labute approximate surface area is 244 Å². The van der Waals surface area contributed by atoms with Crippen molar-refractivity contribution in [3.05, 3.63) is 39.3 Å². The predicted octanol–water partition coefficient (Wildman–Crippen LogP) is 5.33. The van der Waals surface area contributed by atoms with Gasteiger partial charge in [-0.25, -0.2) is 0 Å². The van der Waals surface area contributed by atoms with E-state index in [1.807, 2.05) is 13.0 Å². The first-order valence-electron chi connectivity index (χ1n) is 13.5. The van der Waals surface area contributed by atoms with E-state index in [0.717, 1.165) is 10.6 Å². The van der Waals surface area contributed by atoms with Crippen LogP contribution in [0, 0.1) is 0 Å². The van der Waals surface area contributed by atoms with Crippen molar-refractivity contribution >= 4 is 73.2 Å². The van der Waals surface area contributed by atoms with Crippen LogP contribution >= 0.6 is 11.8 Å². The molecule has 0 radical (unpaired) electrons. The molecule has 1 aliphatic heterocycles. The van der Waals surface area contributed by atoms with E-state index in [2.05, 4.69) is 5.32 Å². The number of phenolic OH excluding ortho intramolecular Hbond substituents is 2. The lowest BCUT2D eigenvalue weighted by Gasteiger charge is -2.29. The monoisotopic (exact) mass is 584 g/mol. The Morgan fingerprint density at radius 1 is 0.952 bits per heavy atom. The minimum atomic E-state index is -0.796. The zero-order valence-electron chi connectivity index (χ0n) is 23.9. The third-order valence-electron chi connectivity index (χ3n) is 8.63. The van der Waals surface area contributed by atoms with Crippen LogP contribution in [-0.4, -0.2) is 62.5 Å². The molecule has 4 aromatic carbocycles. The molecule has 1 atom stereocenters. The van der Waals surface area contributed by atoms with E-state index in [1.54, 1.807) is 25.9 Å². The molecule has 0 fully saturated rings. The Morgan fingerprint density at radius 2 is 1.69 bits per heavy atom. The molecule has 1 unspecified atom stereocenters. The first kappa shape index (κ1) is 26.5. The number of fused-ring (bicyclic) bond motifs is 3. The van der Waals surface area contributed by atoms with Gasteiger partial charge in [0.25, 0.3) is 0 Å². The summed E-state index contributed by atoms with van der Waals surface area (Å²) in [4.78, 5) is 32.8.